The predicted molar refractivity (Wildman–Crippen MR) is 185 cm³/mol. The summed E-state index contributed by atoms with van der Waals surface area (Å²) in [6.45, 7) is 6.02. The van der Waals surface area contributed by atoms with Crippen molar-refractivity contribution in [3.05, 3.63) is 120 Å². The fourth-order valence-corrected chi connectivity index (χ4v) is 5.93. The average molecular weight is 687 g/mol. The molecule has 2 amide bonds. The van der Waals surface area contributed by atoms with E-state index in [4.69, 9.17) is 9.47 Å². The Kier molecular flexibility index (Phi) is 11.3. The van der Waals surface area contributed by atoms with Crippen LogP contribution in [0.5, 0.6) is 0 Å². The summed E-state index contributed by atoms with van der Waals surface area (Å²) in [6, 6.07) is 28.6. The van der Waals surface area contributed by atoms with E-state index >= 15 is 0 Å². The summed E-state index contributed by atoms with van der Waals surface area (Å²) in [5.41, 5.74) is 2.60. The molecule has 1 saturated heterocycles. The van der Waals surface area contributed by atoms with Crippen LogP contribution in [0.2, 0.25) is 0 Å². The lowest BCUT2D eigenvalue weighted by Gasteiger charge is -2.32. The van der Waals surface area contributed by atoms with Gasteiger partial charge in [-0.15, -0.1) is 0 Å². The molecule has 0 radical (unpaired) electrons. The number of halogens is 3. The third-order valence-electron chi connectivity index (χ3n) is 8.45. The highest BCUT2D eigenvalue weighted by atomic mass is 19.4. The van der Waals surface area contributed by atoms with Gasteiger partial charge in [-0.3, -0.25) is 9.59 Å². The van der Waals surface area contributed by atoms with E-state index in [1.54, 1.807) is 49.9 Å². The number of hydrogen-bond donors (Lipinski definition) is 0. The van der Waals surface area contributed by atoms with Gasteiger partial charge in [0.25, 0.3) is 5.91 Å². The predicted octanol–water partition coefficient (Wildman–Crippen LogP) is 9.01. The largest absolute Gasteiger partial charge is 0.461 e. The van der Waals surface area contributed by atoms with Gasteiger partial charge in [-0.05, 0) is 79.6 Å². The van der Waals surface area contributed by atoms with Crippen molar-refractivity contribution in [2.24, 2.45) is 0 Å². The molecule has 10 heteroatoms. The molecule has 0 aromatic heterocycles. The van der Waals surface area contributed by atoms with E-state index in [0.717, 1.165) is 35.2 Å². The van der Waals surface area contributed by atoms with Crippen molar-refractivity contribution >= 4 is 18.0 Å². The van der Waals surface area contributed by atoms with Crippen molar-refractivity contribution in [3.8, 4) is 22.3 Å². The third kappa shape index (κ3) is 9.52. The summed E-state index contributed by atoms with van der Waals surface area (Å²) in [6.07, 6.45) is -3.72. The molecule has 0 spiro atoms. The molecule has 4 aromatic carbocycles. The maximum absolute atomic E-state index is 14.3. The van der Waals surface area contributed by atoms with Crippen molar-refractivity contribution in [3.63, 3.8) is 0 Å². The van der Waals surface area contributed by atoms with Crippen LogP contribution in [0.4, 0.5) is 18.0 Å². The molecule has 4 aromatic rings. The van der Waals surface area contributed by atoms with Gasteiger partial charge >= 0.3 is 18.2 Å². The number of alkyl halides is 3. The number of likely N-dealkylation sites (tertiary alicyclic amines) is 1. The third-order valence-corrected chi connectivity index (χ3v) is 8.45. The Bertz CT molecular complexity index is 1770. The fourth-order valence-electron chi connectivity index (χ4n) is 5.93. The Morgan fingerprint density at radius 3 is 2.08 bits per heavy atom. The van der Waals surface area contributed by atoms with Crippen LogP contribution in [0.25, 0.3) is 22.3 Å². The zero-order valence-corrected chi connectivity index (χ0v) is 28.4. The second-order valence-corrected chi connectivity index (χ2v) is 13.3. The number of hydrogen-bond acceptors (Lipinski definition) is 5. The Balaban J connectivity index is 1.32. The standard InChI is InChI=1S/C40H41F3N2O5/c1-39(2,3)50-38(48)45-24-9-12-33(45)26-44(25-23-36(46)49-27-28-15-17-30(18-16-28)29-10-5-4-6-11-29)37(47)35-14-8-7-13-34(35)31-19-21-32(22-20-31)40(41,42)43/h4-8,10-11,13-22,33H,9,12,23-27H2,1-3H3/t33-/m0/s1. The Labute approximate surface area is 290 Å². The van der Waals surface area contributed by atoms with Gasteiger partial charge in [-0.2, -0.15) is 13.2 Å². The molecule has 1 heterocycles. The van der Waals surface area contributed by atoms with E-state index < -0.39 is 35.3 Å². The van der Waals surface area contributed by atoms with Gasteiger partial charge in [-0.25, -0.2) is 4.79 Å². The van der Waals surface area contributed by atoms with Crippen molar-refractivity contribution in [2.45, 2.75) is 64.5 Å². The Hall–Kier alpha value is -5.12. The van der Waals surface area contributed by atoms with Crippen LogP contribution < -0.4 is 0 Å². The van der Waals surface area contributed by atoms with Crippen LogP contribution in [0.3, 0.4) is 0 Å². The van der Waals surface area contributed by atoms with E-state index in [1.165, 1.54) is 17.0 Å². The fraction of sp³-hybridized carbons (Fsp3) is 0.325. The van der Waals surface area contributed by atoms with Crippen LogP contribution in [0, 0.1) is 0 Å². The van der Waals surface area contributed by atoms with Gasteiger partial charge < -0.3 is 19.3 Å². The smallest absolute Gasteiger partial charge is 0.416 e. The first-order valence-corrected chi connectivity index (χ1v) is 16.6. The molecule has 0 bridgehead atoms. The van der Waals surface area contributed by atoms with Gasteiger partial charge in [0.1, 0.15) is 12.2 Å². The van der Waals surface area contributed by atoms with Crippen molar-refractivity contribution in [1.82, 2.24) is 9.80 Å². The lowest BCUT2D eigenvalue weighted by atomic mass is 9.97. The van der Waals surface area contributed by atoms with Crippen LogP contribution in [-0.2, 0) is 27.1 Å². The molecule has 7 nitrogen and oxygen atoms in total. The quantitative estimate of drug-likeness (QED) is 0.156. The summed E-state index contributed by atoms with van der Waals surface area (Å²) in [4.78, 5) is 43.5. The summed E-state index contributed by atoms with van der Waals surface area (Å²) in [5.74, 6) is -0.915. The molecule has 0 N–H and O–H groups in total. The molecule has 1 aliphatic heterocycles. The maximum atomic E-state index is 14.3. The highest BCUT2D eigenvalue weighted by Gasteiger charge is 2.35. The highest BCUT2D eigenvalue weighted by Crippen LogP contribution is 2.32. The molecule has 0 aliphatic carbocycles. The molecule has 1 atom stereocenters. The van der Waals surface area contributed by atoms with Crippen LogP contribution in [0.1, 0.15) is 61.5 Å². The molecule has 262 valence electrons. The Morgan fingerprint density at radius 1 is 0.800 bits per heavy atom. The average Bonchev–Trinajstić information content (AvgIpc) is 3.57. The topological polar surface area (TPSA) is 76.2 Å². The van der Waals surface area contributed by atoms with E-state index in [0.29, 0.717) is 24.1 Å². The molecule has 0 unspecified atom stereocenters. The van der Waals surface area contributed by atoms with Crippen LogP contribution in [0.15, 0.2) is 103 Å². The SMILES string of the molecule is CC(C)(C)OC(=O)N1CCC[C@H]1CN(CCC(=O)OCc1ccc(-c2ccccc2)cc1)C(=O)c1ccccc1-c1ccc(C(F)(F)F)cc1. The first kappa shape index (κ1) is 36.2. The van der Waals surface area contributed by atoms with E-state index in [9.17, 15) is 27.6 Å². The van der Waals surface area contributed by atoms with Crippen LogP contribution >= 0.6 is 0 Å². The molecule has 50 heavy (non-hydrogen) atoms. The van der Waals surface area contributed by atoms with E-state index in [-0.39, 0.29) is 37.7 Å². The van der Waals surface area contributed by atoms with Gasteiger partial charge in [-0.1, -0.05) is 84.9 Å². The molecule has 0 saturated carbocycles. The minimum atomic E-state index is -4.49. The maximum Gasteiger partial charge on any atom is 0.416 e. The summed E-state index contributed by atoms with van der Waals surface area (Å²) < 4.78 is 51.0. The first-order chi connectivity index (χ1) is 23.8. The number of nitrogens with zero attached hydrogens (tertiary/aromatic N) is 2. The van der Waals surface area contributed by atoms with Crippen molar-refractivity contribution < 1.29 is 37.0 Å². The lowest BCUT2D eigenvalue weighted by molar-refractivity contribution is -0.145. The molecular weight excluding hydrogens is 645 g/mol. The molecule has 1 fully saturated rings. The van der Waals surface area contributed by atoms with Crippen LogP contribution in [-0.4, -0.2) is 59.0 Å². The zero-order valence-electron chi connectivity index (χ0n) is 28.4. The number of carbonyl (C=O) groups is 3. The zero-order chi connectivity index (χ0) is 35.9. The lowest BCUT2D eigenvalue weighted by Crippen LogP contribution is -2.47. The second-order valence-electron chi connectivity index (χ2n) is 13.3. The van der Waals surface area contributed by atoms with Gasteiger partial charge in [0.05, 0.1) is 18.0 Å². The van der Waals surface area contributed by atoms with E-state index in [1.807, 2.05) is 54.6 Å². The van der Waals surface area contributed by atoms with Gasteiger partial charge in [0, 0.05) is 25.2 Å². The monoisotopic (exact) mass is 686 g/mol. The number of benzene rings is 4. The Morgan fingerprint density at radius 2 is 1.42 bits per heavy atom. The first-order valence-electron chi connectivity index (χ1n) is 16.6. The number of esters is 1. The molecular formula is C40H41F3N2O5. The van der Waals surface area contributed by atoms with Crippen molar-refractivity contribution in [2.75, 3.05) is 19.6 Å². The number of rotatable bonds is 10. The molecule has 5 rings (SSSR count). The highest BCUT2D eigenvalue weighted by molar-refractivity contribution is 6.01. The minimum absolute atomic E-state index is 0.00458. The molecule has 1 aliphatic rings. The summed E-state index contributed by atoms with van der Waals surface area (Å²) in [5, 5.41) is 0. The van der Waals surface area contributed by atoms with Crippen molar-refractivity contribution in [1.29, 1.82) is 0 Å². The minimum Gasteiger partial charge on any atom is -0.461 e. The van der Waals surface area contributed by atoms with Gasteiger partial charge in [0.15, 0.2) is 0 Å². The number of amides is 2. The number of carbonyl (C=O) groups excluding carboxylic acids is 3. The second kappa shape index (κ2) is 15.6. The normalized spacial score (nSPS) is 14.7. The summed E-state index contributed by atoms with van der Waals surface area (Å²) in [7, 11) is 0. The number of ether oxygens (including phenoxy) is 2. The van der Waals surface area contributed by atoms with Gasteiger partial charge in [0.2, 0.25) is 0 Å². The van der Waals surface area contributed by atoms with E-state index in [2.05, 4.69) is 0 Å². The summed E-state index contributed by atoms with van der Waals surface area (Å²) >= 11 is 0.